The molecule has 1 aromatic rings. The van der Waals surface area contributed by atoms with E-state index in [9.17, 15) is 13.6 Å². The van der Waals surface area contributed by atoms with Gasteiger partial charge < -0.3 is 0 Å². The molecule has 6 heteroatoms. The van der Waals surface area contributed by atoms with Crippen LogP contribution in [0, 0.1) is 13.8 Å². The maximum absolute atomic E-state index is 12.1. The molecular formula is C8H7ClF2N2O. The third-order valence-corrected chi connectivity index (χ3v) is 2.12. The molecule has 0 spiro atoms. The first-order chi connectivity index (χ1) is 6.45. The number of hydrogen-bond donors (Lipinski definition) is 0. The molecule has 0 aliphatic heterocycles. The predicted molar refractivity (Wildman–Crippen MR) is 46.9 cm³/mol. The van der Waals surface area contributed by atoms with Gasteiger partial charge in [0.2, 0.25) is 5.78 Å². The topological polar surface area (TPSA) is 42.9 Å². The number of Topliss-reactive ketones (excluding diaryl/α,β-unsaturated/α-hetero) is 1. The molecular weight excluding hydrogens is 214 g/mol. The minimum absolute atomic E-state index is 0.242. The molecule has 1 rings (SSSR count). The fourth-order valence-electron chi connectivity index (χ4n) is 0.975. The van der Waals surface area contributed by atoms with Crippen molar-refractivity contribution < 1.29 is 13.6 Å². The summed E-state index contributed by atoms with van der Waals surface area (Å²) < 4.78 is 24.3. The second-order valence-corrected chi connectivity index (χ2v) is 3.10. The zero-order chi connectivity index (χ0) is 10.9. The third kappa shape index (κ3) is 1.87. The van der Waals surface area contributed by atoms with Crippen LogP contribution in [-0.2, 0) is 0 Å². The molecule has 76 valence electrons. The van der Waals surface area contributed by atoms with Crippen LogP contribution in [0.1, 0.15) is 21.6 Å². The quantitative estimate of drug-likeness (QED) is 0.718. The Morgan fingerprint density at radius 1 is 1.36 bits per heavy atom. The van der Waals surface area contributed by atoms with Crippen molar-refractivity contribution in [3.05, 3.63) is 22.0 Å². The van der Waals surface area contributed by atoms with Crippen LogP contribution in [0.4, 0.5) is 8.78 Å². The molecule has 14 heavy (non-hydrogen) atoms. The van der Waals surface area contributed by atoms with E-state index < -0.39 is 12.2 Å². The molecule has 0 saturated carbocycles. The van der Waals surface area contributed by atoms with E-state index in [0.717, 1.165) is 0 Å². The number of carbonyl (C=O) groups is 1. The van der Waals surface area contributed by atoms with Crippen LogP contribution in [0.2, 0.25) is 5.15 Å². The van der Waals surface area contributed by atoms with Gasteiger partial charge in [0.1, 0.15) is 0 Å². The Labute approximate surface area is 84.1 Å². The van der Waals surface area contributed by atoms with E-state index in [4.69, 9.17) is 11.6 Å². The molecule has 0 radical (unpaired) electrons. The molecule has 0 aliphatic rings. The van der Waals surface area contributed by atoms with Gasteiger partial charge in [0.15, 0.2) is 5.15 Å². The van der Waals surface area contributed by atoms with Gasteiger partial charge in [-0.25, -0.2) is 8.78 Å². The van der Waals surface area contributed by atoms with Gasteiger partial charge in [0.05, 0.1) is 11.3 Å². The Kier molecular flexibility index (Phi) is 3.10. The summed E-state index contributed by atoms with van der Waals surface area (Å²) in [5.41, 5.74) is 0.517. The minimum Gasteiger partial charge on any atom is -0.288 e. The van der Waals surface area contributed by atoms with Crippen molar-refractivity contribution in [3.63, 3.8) is 0 Å². The molecule has 0 fully saturated rings. The first-order valence-corrected chi connectivity index (χ1v) is 4.14. The lowest BCUT2D eigenvalue weighted by Crippen LogP contribution is -2.14. The highest BCUT2D eigenvalue weighted by Gasteiger charge is 2.24. The molecule has 0 unspecified atom stereocenters. The fraction of sp³-hybridized carbons (Fsp3) is 0.375. The largest absolute Gasteiger partial charge is 0.300 e. The standard InChI is InChI=1S/C8H7ClF2N2O/c1-3-4(2)12-13-7(9)5(3)6(14)8(10)11/h8H,1-2H3. The van der Waals surface area contributed by atoms with Crippen molar-refractivity contribution in [3.8, 4) is 0 Å². The van der Waals surface area contributed by atoms with Gasteiger partial charge in [0, 0.05) is 0 Å². The summed E-state index contributed by atoms with van der Waals surface area (Å²) in [7, 11) is 0. The van der Waals surface area contributed by atoms with E-state index in [1.54, 1.807) is 6.92 Å². The Bertz CT molecular complexity index is 382. The second kappa shape index (κ2) is 3.96. The fourth-order valence-corrected chi connectivity index (χ4v) is 1.25. The number of aromatic nitrogens is 2. The van der Waals surface area contributed by atoms with Gasteiger partial charge in [-0.1, -0.05) is 11.6 Å². The molecule has 0 bridgehead atoms. The summed E-state index contributed by atoms with van der Waals surface area (Å²) >= 11 is 5.51. The summed E-state index contributed by atoms with van der Waals surface area (Å²) in [5.74, 6) is -1.31. The second-order valence-electron chi connectivity index (χ2n) is 2.74. The van der Waals surface area contributed by atoms with Crippen molar-refractivity contribution in [2.75, 3.05) is 0 Å². The lowest BCUT2D eigenvalue weighted by molar-refractivity contribution is 0.0677. The number of aryl methyl sites for hydroxylation is 1. The summed E-state index contributed by atoms with van der Waals surface area (Å²) in [6.07, 6.45) is -3.07. The predicted octanol–water partition coefficient (Wildman–Crippen LogP) is 2.19. The average Bonchev–Trinajstić information content (AvgIpc) is 2.12. The Balaban J connectivity index is 3.33. The summed E-state index contributed by atoms with van der Waals surface area (Å²) in [4.78, 5) is 11.0. The third-order valence-electron chi connectivity index (χ3n) is 1.86. The number of halogens is 3. The number of hydrogen-bond acceptors (Lipinski definition) is 3. The molecule has 0 aromatic carbocycles. The Hall–Kier alpha value is -1.10. The smallest absolute Gasteiger partial charge is 0.288 e. The zero-order valence-electron chi connectivity index (χ0n) is 7.51. The molecule has 0 amide bonds. The average molecular weight is 221 g/mol. The van der Waals surface area contributed by atoms with Crippen molar-refractivity contribution in [1.29, 1.82) is 0 Å². The highest BCUT2D eigenvalue weighted by atomic mass is 35.5. The van der Waals surface area contributed by atoms with Crippen LogP contribution in [0.3, 0.4) is 0 Å². The molecule has 0 saturated heterocycles. The van der Waals surface area contributed by atoms with Crippen molar-refractivity contribution in [1.82, 2.24) is 10.2 Å². The highest BCUT2D eigenvalue weighted by Crippen LogP contribution is 2.21. The van der Waals surface area contributed by atoms with Crippen molar-refractivity contribution in [2.45, 2.75) is 20.3 Å². The van der Waals surface area contributed by atoms with E-state index in [0.29, 0.717) is 11.3 Å². The monoisotopic (exact) mass is 220 g/mol. The molecule has 1 heterocycles. The van der Waals surface area contributed by atoms with Crippen LogP contribution in [0.25, 0.3) is 0 Å². The summed E-state index contributed by atoms with van der Waals surface area (Å²) in [6.45, 7) is 3.08. The molecule has 0 atom stereocenters. The molecule has 0 aliphatic carbocycles. The van der Waals surface area contributed by atoms with Gasteiger partial charge in [0.25, 0.3) is 0 Å². The summed E-state index contributed by atoms with van der Waals surface area (Å²) in [6, 6.07) is 0. The minimum atomic E-state index is -3.07. The van der Waals surface area contributed by atoms with E-state index in [1.807, 2.05) is 0 Å². The summed E-state index contributed by atoms with van der Waals surface area (Å²) in [5, 5.41) is 6.73. The van der Waals surface area contributed by atoms with Crippen LogP contribution >= 0.6 is 11.6 Å². The van der Waals surface area contributed by atoms with Crippen LogP contribution in [0.5, 0.6) is 0 Å². The van der Waals surface area contributed by atoms with Gasteiger partial charge in [-0.2, -0.15) is 5.10 Å². The van der Waals surface area contributed by atoms with Gasteiger partial charge in [-0.15, -0.1) is 5.10 Å². The van der Waals surface area contributed by atoms with Crippen LogP contribution in [0.15, 0.2) is 0 Å². The highest BCUT2D eigenvalue weighted by molar-refractivity contribution is 6.33. The number of alkyl halides is 2. The van der Waals surface area contributed by atoms with Gasteiger partial charge in [-0.05, 0) is 19.4 Å². The molecule has 1 aromatic heterocycles. The maximum Gasteiger partial charge on any atom is 0.300 e. The lowest BCUT2D eigenvalue weighted by atomic mass is 10.1. The first kappa shape index (κ1) is 11.0. The van der Waals surface area contributed by atoms with E-state index in [1.165, 1.54) is 6.92 Å². The Morgan fingerprint density at radius 3 is 2.43 bits per heavy atom. The van der Waals surface area contributed by atoms with Crippen LogP contribution < -0.4 is 0 Å². The normalized spacial score (nSPS) is 10.7. The zero-order valence-corrected chi connectivity index (χ0v) is 8.27. The molecule has 3 nitrogen and oxygen atoms in total. The number of nitrogens with zero attached hydrogens (tertiary/aromatic N) is 2. The maximum atomic E-state index is 12.1. The number of ketones is 1. The molecule has 0 N–H and O–H groups in total. The first-order valence-electron chi connectivity index (χ1n) is 3.77. The Morgan fingerprint density at radius 2 is 1.93 bits per heavy atom. The van der Waals surface area contributed by atoms with Gasteiger partial charge in [-0.3, -0.25) is 4.79 Å². The number of rotatable bonds is 2. The van der Waals surface area contributed by atoms with Crippen molar-refractivity contribution in [2.24, 2.45) is 0 Å². The van der Waals surface area contributed by atoms with Crippen molar-refractivity contribution >= 4 is 17.4 Å². The number of carbonyl (C=O) groups excluding carboxylic acids is 1. The SMILES string of the molecule is Cc1nnc(Cl)c(C(=O)C(F)F)c1C. The van der Waals surface area contributed by atoms with Gasteiger partial charge >= 0.3 is 6.43 Å². The van der Waals surface area contributed by atoms with E-state index in [-0.39, 0.29) is 10.7 Å². The van der Waals surface area contributed by atoms with E-state index in [2.05, 4.69) is 10.2 Å². The van der Waals surface area contributed by atoms with Crippen LogP contribution in [-0.4, -0.2) is 22.4 Å². The van der Waals surface area contributed by atoms with E-state index >= 15 is 0 Å². The lowest BCUT2D eigenvalue weighted by Gasteiger charge is -2.06.